The van der Waals surface area contributed by atoms with Gasteiger partial charge in [-0.2, -0.15) is 0 Å². The summed E-state index contributed by atoms with van der Waals surface area (Å²) >= 11 is 0. The first kappa shape index (κ1) is 9.77. The number of benzene rings is 1. The fourth-order valence-electron chi connectivity index (χ4n) is 1.73. The molecule has 15 heavy (non-hydrogen) atoms. The number of para-hydroxylation sites is 1. The molecule has 0 saturated carbocycles. The summed E-state index contributed by atoms with van der Waals surface area (Å²) in [6.45, 7) is 3.72. The largest absolute Gasteiger partial charge is 0.465 e. The maximum atomic E-state index is 11.5. The standard InChI is InChI=1S/C12H12O3/c1-7-5-4-6-9-10(12(13)14-3)8(2)15-11(7)9/h4-6H,1-3H3. The zero-order chi connectivity index (χ0) is 11.0. The quantitative estimate of drug-likeness (QED) is 0.670. The molecule has 78 valence electrons. The maximum absolute atomic E-state index is 11.5. The Kier molecular flexibility index (Phi) is 2.23. The number of carbonyl (C=O) groups excluding carboxylic acids is 1. The van der Waals surface area contributed by atoms with E-state index in [-0.39, 0.29) is 5.97 Å². The highest BCUT2D eigenvalue weighted by molar-refractivity contribution is 6.05. The Labute approximate surface area is 87.6 Å². The number of hydrogen-bond acceptors (Lipinski definition) is 3. The molecule has 0 spiro atoms. The minimum absolute atomic E-state index is 0.350. The van der Waals surface area contributed by atoms with E-state index in [4.69, 9.17) is 9.15 Å². The smallest absolute Gasteiger partial charge is 0.342 e. The van der Waals surface area contributed by atoms with E-state index in [0.29, 0.717) is 11.3 Å². The number of methoxy groups -OCH3 is 1. The molecule has 0 atom stereocenters. The number of rotatable bonds is 1. The molecule has 3 nitrogen and oxygen atoms in total. The average molecular weight is 204 g/mol. The maximum Gasteiger partial charge on any atom is 0.342 e. The number of aryl methyl sites for hydroxylation is 2. The van der Waals surface area contributed by atoms with Crippen LogP contribution in [0.5, 0.6) is 0 Å². The monoisotopic (exact) mass is 204 g/mol. The summed E-state index contributed by atoms with van der Waals surface area (Å²) in [4.78, 5) is 11.5. The van der Waals surface area contributed by atoms with E-state index in [1.165, 1.54) is 7.11 Å². The zero-order valence-electron chi connectivity index (χ0n) is 8.96. The Hall–Kier alpha value is -1.77. The third-order valence-corrected chi connectivity index (χ3v) is 2.48. The first-order chi connectivity index (χ1) is 7.15. The highest BCUT2D eigenvalue weighted by Gasteiger charge is 2.18. The second kappa shape index (κ2) is 3.42. The molecule has 1 aromatic carbocycles. The molecular formula is C12H12O3. The van der Waals surface area contributed by atoms with Crippen LogP contribution in [0.2, 0.25) is 0 Å². The van der Waals surface area contributed by atoms with Gasteiger partial charge in [0.15, 0.2) is 0 Å². The number of esters is 1. The number of carbonyl (C=O) groups is 1. The van der Waals surface area contributed by atoms with Gasteiger partial charge >= 0.3 is 5.97 Å². The molecule has 3 heteroatoms. The van der Waals surface area contributed by atoms with Crippen molar-refractivity contribution in [2.75, 3.05) is 7.11 Å². The van der Waals surface area contributed by atoms with Gasteiger partial charge in [0.25, 0.3) is 0 Å². The summed E-state index contributed by atoms with van der Waals surface area (Å²) in [5.74, 6) is 0.253. The molecular weight excluding hydrogens is 192 g/mol. The minimum Gasteiger partial charge on any atom is -0.465 e. The second-order valence-corrected chi connectivity index (χ2v) is 3.48. The molecule has 2 aromatic rings. The fraction of sp³-hybridized carbons (Fsp3) is 0.250. The van der Waals surface area contributed by atoms with E-state index >= 15 is 0 Å². The number of furan rings is 1. The van der Waals surface area contributed by atoms with Crippen LogP contribution in [0.25, 0.3) is 11.0 Å². The van der Waals surface area contributed by atoms with Crippen molar-refractivity contribution >= 4 is 16.9 Å². The average Bonchev–Trinajstić information content (AvgIpc) is 2.55. The van der Waals surface area contributed by atoms with Gasteiger partial charge in [0.05, 0.1) is 7.11 Å². The third kappa shape index (κ3) is 1.40. The summed E-state index contributed by atoms with van der Waals surface area (Å²) in [6, 6.07) is 5.72. The molecule has 2 rings (SSSR count). The summed E-state index contributed by atoms with van der Waals surface area (Å²) in [6.07, 6.45) is 0. The van der Waals surface area contributed by atoms with E-state index < -0.39 is 0 Å². The Morgan fingerprint density at radius 3 is 2.73 bits per heavy atom. The Balaban J connectivity index is 2.79. The fourth-order valence-corrected chi connectivity index (χ4v) is 1.73. The lowest BCUT2D eigenvalue weighted by Crippen LogP contribution is -2.01. The second-order valence-electron chi connectivity index (χ2n) is 3.48. The molecule has 0 aliphatic heterocycles. The van der Waals surface area contributed by atoms with Gasteiger partial charge in [-0.15, -0.1) is 0 Å². The Morgan fingerprint density at radius 2 is 2.07 bits per heavy atom. The number of hydrogen-bond donors (Lipinski definition) is 0. The van der Waals surface area contributed by atoms with Crippen molar-refractivity contribution in [1.29, 1.82) is 0 Å². The zero-order valence-corrected chi connectivity index (χ0v) is 8.96. The van der Waals surface area contributed by atoms with Crippen LogP contribution >= 0.6 is 0 Å². The van der Waals surface area contributed by atoms with Gasteiger partial charge in [0, 0.05) is 5.39 Å². The van der Waals surface area contributed by atoms with Crippen LogP contribution in [0, 0.1) is 13.8 Å². The van der Waals surface area contributed by atoms with Crippen molar-refractivity contribution in [3.05, 3.63) is 35.1 Å². The molecule has 0 unspecified atom stereocenters. The molecule has 0 radical (unpaired) electrons. The van der Waals surface area contributed by atoms with Crippen molar-refractivity contribution < 1.29 is 13.9 Å². The van der Waals surface area contributed by atoms with E-state index in [1.54, 1.807) is 6.92 Å². The van der Waals surface area contributed by atoms with Crippen molar-refractivity contribution in [3.8, 4) is 0 Å². The van der Waals surface area contributed by atoms with Crippen LogP contribution in [0.3, 0.4) is 0 Å². The minimum atomic E-state index is -0.350. The normalized spacial score (nSPS) is 10.6. The summed E-state index contributed by atoms with van der Waals surface area (Å²) in [7, 11) is 1.37. The topological polar surface area (TPSA) is 39.4 Å². The lowest BCUT2D eigenvalue weighted by Gasteiger charge is -1.97. The summed E-state index contributed by atoms with van der Waals surface area (Å²) in [5.41, 5.74) is 2.30. The van der Waals surface area contributed by atoms with Crippen LogP contribution < -0.4 is 0 Å². The van der Waals surface area contributed by atoms with Crippen LogP contribution in [0.1, 0.15) is 21.7 Å². The van der Waals surface area contributed by atoms with Gasteiger partial charge in [0.2, 0.25) is 0 Å². The Morgan fingerprint density at radius 1 is 1.33 bits per heavy atom. The lowest BCUT2D eigenvalue weighted by atomic mass is 10.1. The van der Waals surface area contributed by atoms with Gasteiger partial charge in [0.1, 0.15) is 16.9 Å². The van der Waals surface area contributed by atoms with E-state index in [0.717, 1.165) is 16.5 Å². The molecule has 1 heterocycles. The highest BCUT2D eigenvalue weighted by atomic mass is 16.5. The molecule has 1 aromatic heterocycles. The molecule has 0 fully saturated rings. The predicted molar refractivity (Wildman–Crippen MR) is 57.0 cm³/mol. The van der Waals surface area contributed by atoms with Crippen molar-refractivity contribution in [2.24, 2.45) is 0 Å². The molecule has 0 bridgehead atoms. The molecule has 0 aliphatic rings. The molecule has 0 aliphatic carbocycles. The van der Waals surface area contributed by atoms with Gasteiger partial charge in [-0.3, -0.25) is 0 Å². The summed E-state index contributed by atoms with van der Waals surface area (Å²) < 4.78 is 10.3. The van der Waals surface area contributed by atoms with Crippen LogP contribution in [-0.2, 0) is 4.74 Å². The van der Waals surface area contributed by atoms with Gasteiger partial charge in [-0.05, 0) is 19.4 Å². The summed E-state index contributed by atoms with van der Waals surface area (Å²) in [5, 5.41) is 0.819. The van der Waals surface area contributed by atoms with Crippen LogP contribution in [-0.4, -0.2) is 13.1 Å². The highest BCUT2D eigenvalue weighted by Crippen LogP contribution is 2.28. The van der Waals surface area contributed by atoms with E-state index in [1.807, 2.05) is 25.1 Å². The van der Waals surface area contributed by atoms with E-state index in [2.05, 4.69) is 0 Å². The molecule has 0 amide bonds. The SMILES string of the molecule is COC(=O)c1c(C)oc2c(C)cccc12. The first-order valence-corrected chi connectivity index (χ1v) is 4.72. The molecule has 0 N–H and O–H groups in total. The predicted octanol–water partition coefficient (Wildman–Crippen LogP) is 2.84. The Bertz CT molecular complexity index is 523. The lowest BCUT2D eigenvalue weighted by molar-refractivity contribution is 0.0601. The van der Waals surface area contributed by atoms with Gasteiger partial charge < -0.3 is 9.15 Å². The number of ether oxygens (including phenoxy) is 1. The van der Waals surface area contributed by atoms with Crippen molar-refractivity contribution in [3.63, 3.8) is 0 Å². The first-order valence-electron chi connectivity index (χ1n) is 4.72. The third-order valence-electron chi connectivity index (χ3n) is 2.48. The van der Waals surface area contributed by atoms with Crippen molar-refractivity contribution in [1.82, 2.24) is 0 Å². The van der Waals surface area contributed by atoms with Crippen molar-refractivity contribution in [2.45, 2.75) is 13.8 Å². The van der Waals surface area contributed by atoms with Crippen LogP contribution in [0.4, 0.5) is 0 Å². The van der Waals surface area contributed by atoms with Crippen LogP contribution in [0.15, 0.2) is 22.6 Å². The molecule has 0 saturated heterocycles. The van der Waals surface area contributed by atoms with E-state index in [9.17, 15) is 4.79 Å². The van der Waals surface area contributed by atoms with Gasteiger partial charge in [-0.1, -0.05) is 18.2 Å². The van der Waals surface area contributed by atoms with Gasteiger partial charge in [-0.25, -0.2) is 4.79 Å². The number of fused-ring (bicyclic) bond motifs is 1.